The lowest BCUT2D eigenvalue weighted by molar-refractivity contribution is -0.132. The molecule has 1 heterocycles. The normalized spacial score (nSPS) is 11.7. The average Bonchev–Trinajstić information content (AvgIpc) is 2.35. The second-order valence-corrected chi connectivity index (χ2v) is 2.60. The Morgan fingerprint density at radius 1 is 1.75 bits per heavy atom. The Morgan fingerprint density at radius 2 is 2.42 bits per heavy atom. The van der Waals surface area contributed by atoms with Crippen LogP contribution < -0.4 is 0 Å². The van der Waals surface area contributed by atoms with Crippen LogP contribution in [-0.2, 0) is 11.8 Å². The first-order chi connectivity index (χ1) is 5.59. The van der Waals surface area contributed by atoms with E-state index < -0.39 is 5.97 Å². The summed E-state index contributed by atoms with van der Waals surface area (Å²) in [6.07, 6.45) is 4.91. The first-order valence-corrected chi connectivity index (χ1v) is 3.49. The molecule has 0 saturated carbocycles. The highest BCUT2D eigenvalue weighted by atomic mass is 16.4. The SMILES string of the molecule is CC(=Cc1cn(C)cn1)C(=O)O. The molecule has 0 atom stereocenters. The lowest BCUT2D eigenvalue weighted by Crippen LogP contribution is -1.95. The molecule has 1 rings (SSSR count). The number of hydrogen-bond donors (Lipinski definition) is 1. The molecule has 4 nitrogen and oxygen atoms in total. The smallest absolute Gasteiger partial charge is 0.331 e. The Labute approximate surface area is 70.2 Å². The van der Waals surface area contributed by atoms with Gasteiger partial charge in [0.15, 0.2) is 0 Å². The summed E-state index contributed by atoms with van der Waals surface area (Å²) in [5.74, 6) is -0.916. The highest BCUT2D eigenvalue weighted by Gasteiger charge is 2.00. The van der Waals surface area contributed by atoms with Crippen LogP contribution >= 0.6 is 0 Å². The van der Waals surface area contributed by atoms with Crippen LogP contribution in [0.15, 0.2) is 18.1 Å². The van der Waals surface area contributed by atoms with E-state index in [1.165, 1.54) is 13.0 Å². The third kappa shape index (κ3) is 1.95. The van der Waals surface area contributed by atoms with Crippen LogP contribution in [0.1, 0.15) is 12.6 Å². The number of hydrogen-bond acceptors (Lipinski definition) is 2. The molecule has 1 aromatic heterocycles. The summed E-state index contributed by atoms with van der Waals surface area (Å²) >= 11 is 0. The van der Waals surface area contributed by atoms with Gasteiger partial charge >= 0.3 is 5.97 Å². The first-order valence-electron chi connectivity index (χ1n) is 3.49. The van der Waals surface area contributed by atoms with Crippen molar-refractivity contribution in [2.24, 2.45) is 7.05 Å². The molecular weight excluding hydrogens is 156 g/mol. The number of nitrogens with zero attached hydrogens (tertiary/aromatic N) is 2. The minimum absolute atomic E-state index is 0.286. The van der Waals surface area contributed by atoms with Gasteiger partial charge in [-0.2, -0.15) is 0 Å². The molecule has 0 radical (unpaired) electrons. The van der Waals surface area contributed by atoms with Crippen molar-refractivity contribution in [1.82, 2.24) is 9.55 Å². The third-order valence-electron chi connectivity index (χ3n) is 1.43. The van der Waals surface area contributed by atoms with Gasteiger partial charge in [-0.05, 0) is 13.0 Å². The van der Waals surface area contributed by atoms with Crippen molar-refractivity contribution < 1.29 is 9.90 Å². The van der Waals surface area contributed by atoms with Gasteiger partial charge < -0.3 is 9.67 Å². The van der Waals surface area contributed by atoms with Crippen molar-refractivity contribution in [2.75, 3.05) is 0 Å². The third-order valence-corrected chi connectivity index (χ3v) is 1.43. The molecule has 0 fully saturated rings. The molecule has 0 aliphatic rings. The zero-order valence-corrected chi connectivity index (χ0v) is 6.98. The second kappa shape index (κ2) is 3.21. The molecule has 0 aliphatic carbocycles. The number of rotatable bonds is 2. The van der Waals surface area contributed by atoms with Gasteiger partial charge in [0.2, 0.25) is 0 Å². The van der Waals surface area contributed by atoms with E-state index >= 15 is 0 Å². The minimum Gasteiger partial charge on any atom is -0.478 e. The first kappa shape index (κ1) is 8.52. The molecule has 0 unspecified atom stereocenters. The number of carboxylic acids is 1. The molecule has 0 saturated heterocycles. The van der Waals surface area contributed by atoms with Crippen molar-refractivity contribution in [1.29, 1.82) is 0 Å². The van der Waals surface area contributed by atoms with Gasteiger partial charge in [0, 0.05) is 18.8 Å². The molecule has 1 N–H and O–H groups in total. The summed E-state index contributed by atoms with van der Waals surface area (Å²) in [4.78, 5) is 14.4. The van der Waals surface area contributed by atoms with E-state index in [-0.39, 0.29) is 5.57 Å². The molecule has 12 heavy (non-hydrogen) atoms. The van der Waals surface area contributed by atoms with Crippen LogP contribution in [0.5, 0.6) is 0 Å². The highest BCUT2D eigenvalue weighted by Crippen LogP contribution is 2.02. The predicted octanol–water partition coefficient (Wildman–Crippen LogP) is 0.908. The predicted molar refractivity (Wildman–Crippen MR) is 44.5 cm³/mol. The molecule has 0 aliphatic heterocycles. The largest absolute Gasteiger partial charge is 0.478 e. The van der Waals surface area contributed by atoms with Gasteiger partial charge in [-0.15, -0.1) is 0 Å². The van der Waals surface area contributed by atoms with Gasteiger partial charge in [-0.1, -0.05) is 0 Å². The Balaban J connectivity index is 2.87. The summed E-state index contributed by atoms with van der Waals surface area (Å²) in [6.45, 7) is 1.54. The Morgan fingerprint density at radius 3 is 2.83 bits per heavy atom. The van der Waals surface area contributed by atoms with E-state index in [9.17, 15) is 4.79 Å². The van der Waals surface area contributed by atoms with Gasteiger partial charge in [0.1, 0.15) is 0 Å². The van der Waals surface area contributed by atoms with Crippen LogP contribution in [-0.4, -0.2) is 20.6 Å². The maximum atomic E-state index is 10.4. The lowest BCUT2D eigenvalue weighted by Gasteiger charge is -1.89. The minimum atomic E-state index is -0.916. The Hall–Kier alpha value is -1.58. The maximum absolute atomic E-state index is 10.4. The van der Waals surface area contributed by atoms with Crippen LogP contribution in [0.25, 0.3) is 6.08 Å². The number of imidazole rings is 1. The fraction of sp³-hybridized carbons (Fsp3) is 0.250. The van der Waals surface area contributed by atoms with E-state index in [1.54, 1.807) is 17.1 Å². The lowest BCUT2D eigenvalue weighted by atomic mass is 10.2. The highest BCUT2D eigenvalue weighted by molar-refractivity contribution is 5.90. The van der Waals surface area contributed by atoms with Gasteiger partial charge in [-0.3, -0.25) is 0 Å². The molecule has 1 aromatic rings. The molecule has 0 amide bonds. The fourth-order valence-corrected chi connectivity index (χ4v) is 0.791. The maximum Gasteiger partial charge on any atom is 0.331 e. The van der Waals surface area contributed by atoms with Crippen molar-refractivity contribution in [3.63, 3.8) is 0 Å². The van der Waals surface area contributed by atoms with Crippen molar-refractivity contribution in [2.45, 2.75) is 6.92 Å². The Kier molecular flexibility index (Phi) is 2.28. The van der Waals surface area contributed by atoms with Crippen LogP contribution in [0.4, 0.5) is 0 Å². The fourth-order valence-electron chi connectivity index (χ4n) is 0.791. The zero-order valence-electron chi connectivity index (χ0n) is 6.98. The van der Waals surface area contributed by atoms with Crippen LogP contribution in [0.2, 0.25) is 0 Å². The number of aryl methyl sites for hydroxylation is 1. The number of carbonyl (C=O) groups is 1. The summed E-state index contributed by atoms with van der Waals surface area (Å²) in [6, 6.07) is 0. The summed E-state index contributed by atoms with van der Waals surface area (Å²) in [5, 5.41) is 8.55. The summed E-state index contributed by atoms with van der Waals surface area (Å²) in [7, 11) is 1.83. The zero-order chi connectivity index (χ0) is 9.14. The van der Waals surface area contributed by atoms with E-state index in [0.29, 0.717) is 5.69 Å². The summed E-state index contributed by atoms with van der Waals surface area (Å²) < 4.78 is 1.76. The van der Waals surface area contributed by atoms with Crippen molar-refractivity contribution in [3.8, 4) is 0 Å². The van der Waals surface area contributed by atoms with Gasteiger partial charge in [0.05, 0.1) is 12.0 Å². The van der Waals surface area contributed by atoms with E-state index in [4.69, 9.17) is 5.11 Å². The van der Waals surface area contributed by atoms with Gasteiger partial charge in [0.25, 0.3) is 0 Å². The molecule has 64 valence electrons. The molecule has 4 heteroatoms. The topological polar surface area (TPSA) is 55.1 Å². The van der Waals surface area contributed by atoms with Crippen LogP contribution in [0, 0.1) is 0 Å². The van der Waals surface area contributed by atoms with Crippen molar-refractivity contribution >= 4 is 12.0 Å². The van der Waals surface area contributed by atoms with E-state index in [0.717, 1.165) is 0 Å². The molecule has 0 aromatic carbocycles. The second-order valence-electron chi connectivity index (χ2n) is 2.60. The monoisotopic (exact) mass is 166 g/mol. The number of aliphatic carboxylic acids is 1. The molecular formula is C8H10N2O2. The quantitative estimate of drug-likeness (QED) is 0.664. The van der Waals surface area contributed by atoms with E-state index in [2.05, 4.69) is 4.98 Å². The standard InChI is InChI=1S/C8H10N2O2/c1-6(8(11)12)3-7-4-10(2)5-9-7/h3-5H,1-2H3,(H,11,12). The van der Waals surface area contributed by atoms with E-state index in [1.807, 2.05) is 7.05 Å². The molecule has 0 spiro atoms. The summed E-state index contributed by atoms with van der Waals surface area (Å²) in [5.41, 5.74) is 0.950. The average molecular weight is 166 g/mol. The molecule has 0 bridgehead atoms. The van der Waals surface area contributed by atoms with Crippen molar-refractivity contribution in [3.05, 3.63) is 23.8 Å². The Bertz CT molecular complexity index is 326. The van der Waals surface area contributed by atoms with Crippen LogP contribution in [0.3, 0.4) is 0 Å². The van der Waals surface area contributed by atoms with Gasteiger partial charge in [-0.25, -0.2) is 9.78 Å². The number of carboxylic acid groups (broad SMARTS) is 1. The number of aromatic nitrogens is 2.